The third-order valence-corrected chi connectivity index (χ3v) is 15.6. The minimum Gasteiger partial charge on any atom is -0.460 e. The summed E-state index contributed by atoms with van der Waals surface area (Å²) in [4.78, 5) is 85.0. The van der Waals surface area contributed by atoms with Crippen LogP contribution >= 0.6 is 0 Å². The van der Waals surface area contributed by atoms with E-state index in [0.717, 1.165) is 5.57 Å². The maximum atomic E-state index is 14.5. The zero-order chi connectivity index (χ0) is 54.0. The second-order valence-corrected chi connectivity index (χ2v) is 21.3. The number of hydrogen-bond donors (Lipinski definition) is 4. The highest BCUT2D eigenvalue weighted by Gasteiger charge is 2.53. The van der Waals surface area contributed by atoms with Gasteiger partial charge in [-0.15, -0.1) is 0 Å². The third kappa shape index (κ3) is 17.5. The number of ether oxygens (including phenoxy) is 6. The van der Waals surface area contributed by atoms with E-state index in [9.17, 15) is 39.0 Å². The number of aliphatic hydroxyl groups excluding tert-OH is 2. The number of hydrogen-bond acceptors (Lipinski definition) is 15. The number of Topliss-reactive ketones (excluding diaryl/α,β-unsaturated/α-hetero) is 3. The highest BCUT2D eigenvalue weighted by atomic mass is 16.6. The van der Waals surface area contributed by atoms with Crippen molar-refractivity contribution < 1.29 is 72.5 Å². The molecule has 17 nitrogen and oxygen atoms in total. The van der Waals surface area contributed by atoms with Gasteiger partial charge in [-0.2, -0.15) is 0 Å². The molecule has 4 aliphatic rings. The molecule has 1 aliphatic carbocycles. The van der Waals surface area contributed by atoms with Crippen molar-refractivity contribution in [2.75, 3.05) is 41.0 Å². The maximum Gasteiger partial charge on any atom is 0.407 e. The molecule has 4 rings (SSSR count). The molecule has 17 heteroatoms. The van der Waals surface area contributed by atoms with E-state index in [-0.39, 0.29) is 49.4 Å². The molecule has 1 unspecified atom stereocenters. The Labute approximate surface area is 433 Å². The van der Waals surface area contributed by atoms with Crippen LogP contribution in [0.1, 0.15) is 138 Å². The number of carbonyl (C=O) groups excluding carboxylic acids is 6. The standard InChI is InChI=1S/C56H88N2O15/c1-34-18-12-11-13-19-35(2)46(68-8)32-42-23-21-40(7)56(67,73-42)52(63)53(64)58-26-16-14-20-43(58)54(65)71-47(33-44(60)36(3)29-39(6)50(62)51(70-10)49(61)38(5)28-34)37(4)30-41-22-24-45(48(31-41)69-9)72-55(66)57-25-15-17-27-59/h11-13,18-19,29,34,36-38,40-43,45-48,50-51,59,62,67H,14-17,20-28,30-33H2,1-10H3,(H,57,66)/b13-11+,18-12-,35-19+,39-29+/t34-,36-,37-,38-,40-,41?,42+,43+,45+,46+,47+,48+,50-,51+,56-/m1/s1. The number of allylic oxidation sites excluding steroid dienone is 6. The summed E-state index contributed by atoms with van der Waals surface area (Å²) in [7, 11) is 4.50. The van der Waals surface area contributed by atoms with Gasteiger partial charge in [0.2, 0.25) is 5.79 Å². The van der Waals surface area contributed by atoms with E-state index in [2.05, 4.69) is 5.32 Å². The van der Waals surface area contributed by atoms with Crippen LogP contribution in [-0.4, -0.2) is 151 Å². The number of nitrogens with zero attached hydrogens (tertiary/aromatic N) is 1. The van der Waals surface area contributed by atoms with E-state index in [0.29, 0.717) is 89.2 Å². The molecule has 3 fully saturated rings. The Morgan fingerprint density at radius 2 is 1.62 bits per heavy atom. The van der Waals surface area contributed by atoms with Crippen molar-refractivity contribution in [1.29, 1.82) is 0 Å². The van der Waals surface area contributed by atoms with Crippen LogP contribution in [0.15, 0.2) is 47.6 Å². The summed E-state index contributed by atoms with van der Waals surface area (Å²) >= 11 is 0. The lowest BCUT2D eigenvalue weighted by Crippen LogP contribution is -2.61. The Hall–Kier alpha value is -4.10. The number of rotatable bonds is 11. The lowest BCUT2D eigenvalue weighted by Gasteiger charge is -2.42. The zero-order valence-electron chi connectivity index (χ0n) is 45.3. The quantitative estimate of drug-likeness (QED) is 0.0731. The van der Waals surface area contributed by atoms with Crippen molar-refractivity contribution in [2.24, 2.45) is 35.5 Å². The van der Waals surface area contributed by atoms with Crippen LogP contribution in [-0.2, 0) is 52.4 Å². The van der Waals surface area contributed by atoms with Crippen molar-refractivity contribution in [2.45, 2.75) is 193 Å². The Morgan fingerprint density at radius 3 is 2.30 bits per heavy atom. The average Bonchev–Trinajstić information content (AvgIpc) is 3.37. The van der Waals surface area contributed by atoms with E-state index < -0.39 is 102 Å². The Balaban J connectivity index is 1.67. The molecular weight excluding hydrogens is 941 g/mol. The summed E-state index contributed by atoms with van der Waals surface area (Å²) in [5.41, 5.74) is 1.23. The number of piperidine rings is 1. The number of cyclic esters (lactones) is 1. The molecule has 2 amide bonds. The van der Waals surface area contributed by atoms with E-state index in [4.69, 9.17) is 33.5 Å². The summed E-state index contributed by atoms with van der Waals surface area (Å²) in [5, 5.41) is 35.3. The first-order valence-corrected chi connectivity index (χ1v) is 26.7. The third-order valence-electron chi connectivity index (χ3n) is 15.6. The van der Waals surface area contributed by atoms with E-state index in [1.54, 1.807) is 48.0 Å². The summed E-state index contributed by atoms with van der Waals surface area (Å²) in [6.07, 6.45) is 11.2. The van der Waals surface area contributed by atoms with Crippen LogP contribution in [0, 0.1) is 35.5 Å². The summed E-state index contributed by atoms with van der Waals surface area (Å²) in [5.74, 6) is -8.36. The normalized spacial score (nSPS) is 37.1. The number of methoxy groups -OCH3 is 3. The molecule has 0 aromatic heterocycles. The van der Waals surface area contributed by atoms with Gasteiger partial charge in [-0.1, -0.05) is 71.1 Å². The lowest BCUT2D eigenvalue weighted by atomic mass is 9.78. The fourth-order valence-corrected chi connectivity index (χ4v) is 10.8. The molecule has 2 saturated heterocycles. The second kappa shape index (κ2) is 29.8. The van der Waals surface area contributed by atoms with E-state index >= 15 is 0 Å². The lowest BCUT2D eigenvalue weighted by molar-refractivity contribution is -0.265. The van der Waals surface area contributed by atoms with Gasteiger partial charge in [0.05, 0.1) is 18.3 Å². The Kier molecular flexibility index (Phi) is 25.1. The van der Waals surface area contributed by atoms with Gasteiger partial charge in [-0.05, 0) is 120 Å². The number of alkyl carbamates (subject to hydrolysis) is 1. The molecule has 3 heterocycles. The number of ketones is 3. The molecular formula is C56H88N2O15. The Bertz CT molecular complexity index is 1970. The predicted molar refractivity (Wildman–Crippen MR) is 274 cm³/mol. The van der Waals surface area contributed by atoms with E-state index in [1.807, 2.05) is 51.2 Å². The van der Waals surface area contributed by atoms with Gasteiger partial charge in [0.1, 0.15) is 36.2 Å². The van der Waals surface area contributed by atoms with Crippen molar-refractivity contribution in [3.63, 3.8) is 0 Å². The predicted octanol–water partition coefficient (Wildman–Crippen LogP) is 6.69. The number of nitrogens with one attached hydrogen (secondary N) is 1. The van der Waals surface area contributed by atoms with Crippen LogP contribution in [0.25, 0.3) is 0 Å². The van der Waals surface area contributed by atoms with Crippen molar-refractivity contribution in [1.82, 2.24) is 10.2 Å². The van der Waals surface area contributed by atoms with Crippen LogP contribution in [0.3, 0.4) is 0 Å². The molecule has 0 aromatic rings. The van der Waals surface area contributed by atoms with Crippen molar-refractivity contribution >= 4 is 35.3 Å². The van der Waals surface area contributed by atoms with Gasteiger partial charge in [0.25, 0.3) is 11.7 Å². The monoisotopic (exact) mass is 1030 g/mol. The number of esters is 1. The molecule has 15 atom stereocenters. The largest absolute Gasteiger partial charge is 0.460 e. The molecule has 412 valence electrons. The van der Waals surface area contributed by atoms with Crippen LogP contribution in [0.4, 0.5) is 4.79 Å². The first-order chi connectivity index (χ1) is 34.7. The topological polar surface area (TPSA) is 234 Å². The number of fused-ring (bicyclic) bond motifs is 3. The molecule has 0 spiro atoms. The average molecular weight is 1030 g/mol. The molecule has 2 bridgehead atoms. The van der Waals surface area contributed by atoms with Gasteiger partial charge in [0, 0.05) is 71.6 Å². The number of carbonyl (C=O) groups is 6. The highest BCUT2D eigenvalue weighted by Crippen LogP contribution is 2.38. The fraction of sp³-hybridized carbons (Fsp3) is 0.750. The second-order valence-electron chi connectivity index (χ2n) is 21.3. The molecule has 1 saturated carbocycles. The number of aliphatic hydroxyl groups is 3. The summed E-state index contributed by atoms with van der Waals surface area (Å²) in [6.45, 7) is 13.0. The van der Waals surface area contributed by atoms with Gasteiger partial charge in [0.15, 0.2) is 5.78 Å². The summed E-state index contributed by atoms with van der Waals surface area (Å²) < 4.78 is 35.5. The molecule has 73 heavy (non-hydrogen) atoms. The SMILES string of the molecule is CO[C@H]1C[C@@H]2CC[C@@H](C)[C@@](O)(O2)C(=O)C(=O)N2CCCC[C@H]2C(=O)O[C@H]([C@H](C)CC2CC[C@H](OC(=O)NCCCCO)[C@@H](OC)C2)CC(=O)[C@H](C)/C=C(\C)[C@@H](O)[C@@H](OC)C(=O)[C@H](C)C[C@H](C)\C=C/C=C/C=C/1C. The van der Waals surface area contributed by atoms with Crippen LogP contribution in [0.2, 0.25) is 0 Å². The minimum absolute atomic E-state index is 0.00179. The van der Waals surface area contributed by atoms with Crippen LogP contribution < -0.4 is 5.32 Å². The molecule has 0 aromatic carbocycles. The van der Waals surface area contributed by atoms with Gasteiger partial charge in [-0.3, -0.25) is 19.2 Å². The maximum absolute atomic E-state index is 14.5. The molecule has 0 radical (unpaired) electrons. The number of unbranched alkanes of at least 4 members (excludes halogenated alkanes) is 1. The minimum atomic E-state index is -2.46. The zero-order valence-corrected chi connectivity index (χ0v) is 45.3. The highest BCUT2D eigenvalue weighted by molar-refractivity contribution is 6.39. The molecule has 3 aliphatic heterocycles. The Morgan fingerprint density at radius 1 is 0.877 bits per heavy atom. The van der Waals surface area contributed by atoms with E-state index in [1.165, 1.54) is 12.0 Å². The van der Waals surface area contributed by atoms with Crippen molar-refractivity contribution in [3.8, 4) is 0 Å². The number of amides is 2. The van der Waals surface area contributed by atoms with Gasteiger partial charge in [-0.25, -0.2) is 9.59 Å². The fourth-order valence-electron chi connectivity index (χ4n) is 10.8. The van der Waals surface area contributed by atoms with Crippen LogP contribution in [0.5, 0.6) is 0 Å². The van der Waals surface area contributed by atoms with Gasteiger partial charge < -0.3 is 54.0 Å². The van der Waals surface area contributed by atoms with Crippen molar-refractivity contribution in [3.05, 3.63) is 47.6 Å². The first-order valence-electron chi connectivity index (χ1n) is 26.7. The molecule has 4 N–H and O–H groups in total. The summed E-state index contributed by atoms with van der Waals surface area (Å²) in [6, 6.07) is -1.18. The smallest absolute Gasteiger partial charge is 0.407 e. The first kappa shape index (κ1) is 61.4. The van der Waals surface area contributed by atoms with Gasteiger partial charge >= 0.3 is 12.1 Å².